The van der Waals surface area contributed by atoms with E-state index >= 15 is 0 Å². The van der Waals surface area contributed by atoms with E-state index in [1.807, 2.05) is 30.3 Å². The maximum Gasteiger partial charge on any atom is 0.433 e. The molecule has 3 heterocycles. The van der Waals surface area contributed by atoms with Crippen LogP contribution < -0.4 is 0 Å². The number of morpholine rings is 1. The maximum absolute atomic E-state index is 12.8. The van der Waals surface area contributed by atoms with Crippen LogP contribution in [-0.2, 0) is 27.9 Å². The van der Waals surface area contributed by atoms with Crippen LogP contribution in [0.25, 0.3) is 0 Å². The number of amides is 1. The van der Waals surface area contributed by atoms with Crippen LogP contribution in [0.4, 0.5) is 18.0 Å². The molecule has 0 radical (unpaired) electrons. The van der Waals surface area contributed by atoms with Crippen molar-refractivity contribution < 1.29 is 32.5 Å². The number of hydrogen-bond acceptors (Lipinski definition) is 5. The third-order valence-corrected chi connectivity index (χ3v) is 5.56. The topological polar surface area (TPSA) is 71.9 Å². The summed E-state index contributed by atoms with van der Waals surface area (Å²) in [5.74, 6) is 0. The van der Waals surface area contributed by atoms with Crippen molar-refractivity contribution in [3.8, 4) is 0 Å². The Balaban J connectivity index is 1.48. The zero-order chi connectivity index (χ0) is 21.4. The molecule has 2 aromatic rings. The largest absolute Gasteiger partial charge is 0.445 e. The van der Waals surface area contributed by atoms with Gasteiger partial charge in [-0.05, 0) is 11.6 Å². The van der Waals surface area contributed by atoms with Gasteiger partial charge in [-0.15, -0.1) is 0 Å². The monoisotopic (exact) mass is 422 g/mol. The second-order valence-corrected chi connectivity index (χ2v) is 7.66. The molecule has 2 unspecified atom stereocenters. The van der Waals surface area contributed by atoms with E-state index in [4.69, 9.17) is 9.47 Å². The van der Waals surface area contributed by atoms with Gasteiger partial charge in [-0.1, -0.05) is 36.4 Å². The van der Waals surface area contributed by atoms with Crippen molar-refractivity contribution in [1.29, 1.82) is 0 Å². The first kappa shape index (κ1) is 20.6. The van der Waals surface area contributed by atoms with Gasteiger partial charge in [0.05, 0.1) is 30.9 Å². The number of carbonyl (C=O) groups excluding carboxylic acids is 1. The lowest BCUT2D eigenvalue weighted by molar-refractivity contribution is -0.142. The summed E-state index contributed by atoms with van der Waals surface area (Å²) in [6.07, 6.45) is -3.74. The number of piperidine rings is 1. The Morgan fingerprint density at radius 2 is 1.83 bits per heavy atom. The van der Waals surface area contributed by atoms with E-state index in [-0.39, 0.29) is 32.7 Å². The summed E-state index contributed by atoms with van der Waals surface area (Å²) in [5, 5.41) is 11.2. The number of nitrogens with zero attached hydrogens (tertiary/aromatic N) is 2. The van der Waals surface area contributed by atoms with Gasteiger partial charge in [0.15, 0.2) is 0 Å². The summed E-state index contributed by atoms with van der Waals surface area (Å²) in [5.41, 5.74) is -1.26. The quantitative estimate of drug-likeness (QED) is 0.820. The third-order valence-electron chi connectivity index (χ3n) is 5.56. The number of pyridine rings is 1. The highest BCUT2D eigenvalue weighted by Crippen LogP contribution is 2.41. The predicted octanol–water partition coefficient (Wildman–Crippen LogP) is 3.49. The summed E-state index contributed by atoms with van der Waals surface area (Å²) in [4.78, 5) is 17.8. The molecule has 0 spiro atoms. The van der Waals surface area contributed by atoms with Crippen LogP contribution in [0, 0.1) is 0 Å². The molecular weight excluding hydrogens is 401 g/mol. The minimum atomic E-state index is -4.54. The molecule has 1 N–H and O–H groups in total. The van der Waals surface area contributed by atoms with E-state index in [2.05, 4.69) is 4.98 Å². The summed E-state index contributed by atoms with van der Waals surface area (Å²) >= 11 is 0. The van der Waals surface area contributed by atoms with Crippen molar-refractivity contribution in [2.75, 3.05) is 13.2 Å². The number of alkyl halides is 3. The van der Waals surface area contributed by atoms with Crippen LogP contribution in [0.3, 0.4) is 0 Å². The highest BCUT2D eigenvalue weighted by Gasteiger charge is 2.49. The van der Waals surface area contributed by atoms with E-state index in [0.717, 1.165) is 17.8 Å². The number of ether oxygens (including phenoxy) is 2. The Morgan fingerprint density at radius 3 is 2.40 bits per heavy atom. The Morgan fingerprint density at radius 1 is 1.17 bits per heavy atom. The summed E-state index contributed by atoms with van der Waals surface area (Å²) in [6.45, 7) is 0.560. The minimum Gasteiger partial charge on any atom is -0.445 e. The number of halogens is 3. The van der Waals surface area contributed by atoms with E-state index < -0.39 is 35.6 Å². The summed E-state index contributed by atoms with van der Waals surface area (Å²) in [7, 11) is 0. The molecule has 30 heavy (non-hydrogen) atoms. The SMILES string of the molecule is O=C(OCc1ccccc1)N1C2COCC1CC(O)(c1ccc(C(F)(F)F)nc1)C2. The molecule has 0 aliphatic carbocycles. The first-order valence-corrected chi connectivity index (χ1v) is 9.59. The van der Waals surface area contributed by atoms with Crippen molar-refractivity contribution in [1.82, 2.24) is 9.88 Å². The second kappa shape index (κ2) is 7.88. The van der Waals surface area contributed by atoms with Crippen LogP contribution in [0.1, 0.15) is 29.7 Å². The van der Waals surface area contributed by atoms with E-state index in [9.17, 15) is 23.1 Å². The normalized spacial score (nSPS) is 26.3. The highest BCUT2D eigenvalue weighted by molar-refractivity contribution is 5.69. The lowest BCUT2D eigenvalue weighted by Crippen LogP contribution is -2.62. The van der Waals surface area contributed by atoms with Gasteiger partial charge >= 0.3 is 12.3 Å². The highest BCUT2D eigenvalue weighted by atomic mass is 19.4. The van der Waals surface area contributed by atoms with Gasteiger partial charge < -0.3 is 14.6 Å². The Labute approximate surface area is 171 Å². The summed E-state index contributed by atoms with van der Waals surface area (Å²) < 4.78 is 49.3. The average Bonchev–Trinajstić information content (AvgIpc) is 2.71. The van der Waals surface area contributed by atoms with Crippen molar-refractivity contribution in [2.45, 2.75) is 43.3 Å². The van der Waals surface area contributed by atoms with Gasteiger partial charge in [-0.25, -0.2) is 4.79 Å². The zero-order valence-electron chi connectivity index (χ0n) is 16.0. The zero-order valence-corrected chi connectivity index (χ0v) is 16.0. The van der Waals surface area contributed by atoms with Crippen molar-refractivity contribution in [3.05, 3.63) is 65.5 Å². The first-order chi connectivity index (χ1) is 14.3. The molecule has 9 heteroatoms. The molecule has 2 bridgehead atoms. The predicted molar refractivity (Wildman–Crippen MR) is 99.2 cm³/mol. The number of benzene rings is 1. The molecule has 2 saturated heterocycles. The van der Waals surface area contributed by atoms with Gasteiger partial charge in [0.1, 0.15) is 12.3 Å². The molecule has 2 atom stereocenters. The van der Waals surface area contributed by atoms with Crippen LogP contribution in [0.2, 0.25) is 0 Å². The molecular formula is C21H21F3N2O4. The molecule has 1 aromatic heterocycles. The van der Waals surface area contributed by atoms with Crippen LogP contribution >= 0.6 is 0 Å². The fourth-order valence-electron chi connectivity index (χ4n) is 4.14. The molecule has 2 fully saturated rings. The maximum atomic E-state index is 12.8. The number of hydrogen-bond donors (Lipinski definition) is 1. The van der Waals surface area contributed by atoms with E-state index in [0.29, 0.717) is 5.56 Å². The molecule has 2 aliphatic heterocycles. The van der Waals surface area contributed by atoms with Gasteiger partial charge in [0.2, 0.25) is 0 Å². The molecule has 0 saturated carbocycles. The second-order valence-electron chi connectivity index (χ2n) is 7.66. The molecule has 160 valence electrons. The minimum absolute atomic E-state index is 0.122. The number of carbonyl (C=O) groups is 1. The number of rotatable bonds is 3. The average molecular weight is 422 g/mol. The fraction of sp³-hybridized carbons (Fsp3) is 0.429. The van der Waals surface area contributed by atoms with Crippen molar-refractivity contribution >= 4 is 6.09 Å². The Kier molecular flexibility index (Phi) is 5.42. The fourth-order valence-corrected chi connectivity index (χ4v) is 4.14. The van der Waals surface area contributed by atoms with E-state index in [1.54, 1.807) is 4.90 Å². The molecule has 4 rings (SSSR count). The number of aliphatic hydroxyl groups is 1. The molecule has 6 nitrogen and oxygen atoms in total. The third kappa shape index (κ3) is 4.13. The standard InChI is InChI=1S/C21H21F3N2O4/c22-21(23,24)18-7-6-15(10-25-18)20(28)8-16-12-29-13-17(9-20)26(16)19(27)30-11-14-4-2-1-3-5-14/h1-7,10,16-17,28H,8-9,11-13H2. The molecule has 1 aromatic carbocycles. The molecule has 1 amide bonds. The van der Waals surface area contributed by atoms with Crippen LogP contribution in [-0.4, -0.2) is 46.4 Å². The van der Waals surface area contributed by atoms with Gasteiger partial charge in [0.25, 0.3) is 0 Å². The van der Waals surface area contributed by atoms with E-state index in [1.165, 1.54) is 6.07 Å². The Hall–Kier alpha value is -2.65. The first-order valence-electron chi connectivity index (χ1n) is 9.59. The molecule has 2 aliphatic rings. The van der Waals surface area contributed by atoms with Crippen LogP contribution in [0.15, 0.2) is 48.7 Å². The van der Waals surface area contributed by atoms with Crippen molar-refractivity contribution in [2.24, 2.45) is 0 Å². The lowest BCUT2D eigenvalue weighted by atomic mass is 9.77. The summed E-state index contributed by atoms with van der Waals surface area (Å²) in [6, 6.07) is 10.5. The van der Waals surface area contributed by atoms with Crippen LogP contribution in [0.5, 0.6) is 0 Å². The number of fused-ring (bicyclic) bond motifs is 2. The smallest absolute Gasteiger partial charge is 0.433 e. The number of aromatic nitrogens is 1. The van der Waals surface area contributed by atoms with Gasteiger partial charge in [-0.2, -0.15) is 13.2 Å². The van der Waals surface area contributed by atoms with Gasteiger partial charge in [-0.3, -0.25) is 9.88 Å². The lowest BCUT2D eigenvalue weighted by Gasteiger charge is -2.50. The van der Waals surface area contributed by atoms with Crippen molar-refractivity contribution in [3.63, 3.8) is 0 Å². The Bertz CT molecular complexity index is 875. The van der Waals surface area contributed by atoms with Gasteiger partial charge in [0, 0.05) is 24.6 Å².